The van der Waals surface area contributed by atoms with Crippen LogP contribution in [-0.2, 0) is 22.5 Å². The summed E-state index contributed by atoms with van der Waals surface area (Å²) in [5.41, 5.74) is 7.63. The Morgan fingerprint density at radius 1 is 1.33 bits per heavy atom. The normalized spacial score (nSPS) is 18.8. The van der Waals surface area contributed by atoms with Crippen LogP contribution >= 0.6 is 0 Å². The Hall–Kier alpha value is -1.39. The summed E-state index contributed by atoms with van der Waals surface area (Å²) in [4.78, 5) is 11.7. The van der Waals surface area contributed by atoms with Crippen molar-refractivity contribution in [3.8, 4) is 0 Å². The number of rotatable bonds is 5. The Morgan fingerprint density at radius 3 is 2.67 bits per heavy atom. The van der Waals surface area contributed by atoms with Gasteiger partial charge in [0.1, 0.15) is 0 Å². The molecule has 1 heterocycles. The lowest BCUT2D eigenvalue weighted by Gasteiger charge is -2.09. The summed E-state index contributed by atoms with van der Waals surface area (Å²) in [6.07, 6.45) is 1.48. The van der Waals surface area contributed by atoms with E-state index in [1.807, 2.05) is 24.3 Å². The van der Waals surface area contributed by atoms with Gasteiger partial charge in [-0.1, -0.05) is 24.3 Å². The monoisotopic (exact) mass is 248 g/mol. The summed E-state index contributed by atoms with van der Waals surface area (Å²) >= 11 is 0. The third-order valence-electron chi connectivity index (χ3n) is 3.24. The Morgan fingerprint density at radius 2 is 2.06 bits per heavy atom. The first kappa shape index (κ1) is 13.1. The largest absolute Gasteiger partial charge is 0.381 e. The van der Waals surface area contributed by atoms with Crippen molar-refractivity contribution in [2.24, 2.45) is 11.7 Å². The van der Waals surface area contributed by atoms with Gasteiger partial charge in [-0.25, -0.2) is 0 Å². The van der Waals surface area contributed by atoms with E-state index >= 15 is 0 Å². The maximum Gasteiger partial charge on any atom is 0.224 e. The highest BCUT2D eigenvalue weighted by Crippen LogP contribution is 2.10. The van der Waals surface area contributed by atoms with Crippen molar-refractivity contribution in [2.45, 2.75) is 19.4 Å². The summed E-state index contributed by atoms with van der Waals surface area (Å²) in [7, 11) is 0. The molecular weight excluding hydrogens is 228 g/mol. The van der Waals surface area contributed by atoms with Crippen molar-refractivity contribution in [2.75, 3.05) is 19.8 Å². The Kier molecular flexibility index (Phi) is 4.73. The molecular formula is C14H20N2O2. The van der Waals surface area contributed by atoms with Crippen LogP contribution in [0.5, 0.6) is 0 Å². The maximum atomic E-state index is 11.7. The van der Waals surface area contributed by atoms with Gasteiger partial charge >= 0.3 is 0 Å². The van der Waals surface area contributed by atoms with Gasteiger partial charge in [-0.3, -0.25) is 4.79 Å². The molecule has 1 aromatic carbocycles. The van der Waals surface area contributed by atoms with Crippen LogP contribution in [0.1, 0.15) is 17.5 Å². The molecule has 3 N–H and O–H groups in total. The second kappa shape index (κ2) is 6.52. The first-order valence-electron chi connectivity index (χ1n) is 6.40. The van der Waals surface area contributed by atoms with E-state index in [-0.39, 0.29) is 5.91 Å². The zero-order chi connectivity index (χ0) is 12.8. The Balaban J connectivity index is 1.75. The fraction of sp³-hybridized carbons (Fsp3) is 0.500. The minimum absolute atomic E-state index is 0.0717. The molecule has 1 aliphatic rings. The minimum atomic E-state index is 0.0717. The molecule has 0 aliphatic carbocycles. The number of carbonyl (C=O) groups excluding carboxylic acids is 1. The summed E-state index contributed by atoms with van der Waals surface area (Å²) in [5.74, 6) is 0.552. The van der Waals surface area contributed by atoms with Gasteiger partial charge in [0.05, 0.1) is 13.0 Å². The van der Waals surface area contributed by atoms with Gasteiger partial charge in [-0.15, -0.1) is 0 Å². The standard InChI is InChI=1S/C14H20N2O2/c15-8-12-3-1-11(2-4-12)7-14(17)16-9-13-5-6-18-10-13/h1-4,13H,5-10,15H2,(H,16,17). The Bertz CT molecular complexity index is 383. The second-order valence-electron chi connectivity index (χ2n) is 4.73. The third kappa shape index (κ3) is 3.82. The summed E-state index contributed by atoms with van der Waals surface area (Å²) in [6.45, 7) is 2.85. The summed E-state index contributed by atoms with van der Waals surface area (Å²) in [6, 6.07) is 7.85. The molecule has 18 heavy (non-hydrogen) atoms. The lowest BCUT2D eigenvalue weighted by Crippen LogP contribution is -2.30. The molecule has 1 unspecified atom stereocenters. The molecule has 1 saturated heterocycles. The van der Waals surface area contributed by atoms with Crippen molar-refractivity contribution >= 4 is 5.91 Å². The van der Waals surface area contributed by atoms with Gasteiger partial charge in [-0.05, 0) is 17.5 Å². The highest BCUT2D eigenvalue weighted by molar-refractivity contribution is 5.78. The topological polar surface area (TPSA) is 64.4 Å². The number of nitrogens with two attached hydrogens (primary N) is 1. The number of hydrogen-bond acceptors (Lipinski definition) is 3. The lowest BCUT2D eigenvalue weighted by atomic mass is 10.1. The van der Waals surface area contributed by atoms with Gasteiger partial charge in [0.2, 0.25) is 5.91 Å². The van der Waals surface area contributed by atoms with Crippen molar-refractivity contribution in [1.82, 2.24) is 5.32 Å². The minimum Gasteiger partial charge on any atom is -0.381 e. The molecule has 2 rings (SSSR count). The van der Waals surface area contributed by atoms with Crippen LogP contribution in [0.3, 0.4) is 0 Å². The summed E-state index contributed by atoms with van der Waals surface area (Å²) in [5, 5.41) is 2.96. The molecule has 1 aliphatic heterocycles. The maximum absolute atomic E-state index is 11.7. The van der Waals surface area contributed by atoms with Gasteiger partial charge in [0, 0.05) is 25.6 Å². The van der Waals surface area contributed by atoms with Crippen molar-refractivity contribution < 1.29 is 9.53 Å². The molecule has 98 valence electrons. The Labute approximate surface area is 108 Å². The number of carbonyl (C=O) groups is 1. The molecule has 0 saturated carbocycles. The SMILES string of the molecule is NCc1ccc(CC(=O)NCC2CCOC2)cc1. The third-order valence-corrected chi connectivity index (χ3v) is 3.24. The lowest BCUT2D eigenvalue weighted by molar-refractivity contribution is -0.120. The van der Waals surface area contributed by atoms with E-state index in [1.54, 1.807) is 0 Å². The van der Waals surface area contributed by atoms with Crippen LogP contribution in [0.4, 0.5) is 0 Å². The first-order valence-corrected chi connectivity index (χ1v) is 6.40. The van der Waals surface area contributed by atoms with E-state index in [9.17, 15) is 4.79 Å². The van der Waals surface area contributed by atoms with Crippen LogP contribution in [0, 0.1) is 5.92 Å². The smallest absolute Gasteiger partial charge is 0.224 e. The van der Waals surface area contributed by atoms with Gasteiger partial charge < -0.3 is 15.8 Å². The number of hydrogen-bond donors (Lipinski definition) is 2. The molecule has 0 radical (unpaired) electrons. The van der Waals surface area contributed by atoms with E-state index in [1.165, 1.54) is 0 Å². The molecule has 1 atom stereocenters. The van der Waals surface area contributed by atoms with E-state index < -0.39 is 0 Å². The zero-order valence-electron chi connectivity index (χ0n) is 10.5. The fourth-order valence-corrected chi connectivity index (χ4v) is 2.04. The summed E-state index contributed by atoms with van der Waals surface area (Å²) < 4.78 is 5.27. The van der Waals surface area contributed by atoms with E-state index in [2.05, 4.69) is 5.32 Å². The highest BCUT2D eigenvalue weighted by Gasteiger charge is 2.16. The van der Waals surface area contributed by atoms with E-state index in [0.717, 1.165) is 37.3 Å². The molecule has 1 fully saturated rings. The quantitative estimate of drug-likeness (QED) is 0.811. The molecule has 4 heteroatoms. The van der Waals surface area contributed by atoms with Crippen LogP contribution in [-0.4, -0.2) is 25.7 Å². The van der Waals surface area contributed by atoms with Crippen molar-refractivity contribution in [3.63, 3.8) is 0 Å². The van der Waals surface area contributed by atoms with Gasteiger partial charge in [0.15, 0.2) is 0 Å². The van der Waals surface area contributed by atoms with Gasteiger partial charge in [-0.2, -0.15) is 0 Å². The molecule has 0 aromatic heterocycles. The number of benzene rings is 1. The van der Waals surface area contributed by atoms with Crippen molar-refractivity contribution in [1.29, 1.82) is 0 Å². The van der Waals surface area contributed by atoms with Crippen LogP contribution in [0.2, 0.25) is 0 Å². The average molecular weight is 248 g/mol. The molecule has 0 spiro atoms. The predicted molar refractivity (Wildman–Crippen MR) is 70.0 cm³/mol. The predicted octanol–water partition coefficient (Wildman–Crippen LogP) is 0.841. The van der Waals surface area contributed by atoms with Crippen LogP contribution in [0.25, 0.3) is 0 Å². The molecule has 1 amide bonds. The highest BCUT2D eigenvalue weighted by atomic mass is 16.5. The van der Waals surface area contributed by atoms with Gasteiger partial charge in [0.25, 0.3) is 0 Å². The average Bonchev–Trinajstić information content (AvgIpc) is 2.90. The van der Waals surface area contributed by atoms with Crippen molar-refractivity contribution in [3.05, 3.63) is 35.4 Å². The van der Waals surface area contributed by atoms with Crippen LogP contribution in [0.15, 0.2) is 24.3 Å². The molecule has 1 aromatic rings. The molecule has 4 nitrogen and oxygen atoms in total. The zero-order valence-corrected chi connectivity index (χ0v) is 10.5. The van der Waals surface area contributed by atoms with E-state index in [0.29, 0.717) is 18.9 Å². The van der Waals surface area contributed by atoms with E-state index in [4.69, 9.17) is 10.5 Å². The number of amides is 1. The first-order chi connectivity index (χ1) is 8.78. The van der Waals surface area contributed by atoms with Crippen LogP contribution < -0.4 is 11.1 Å². The number of ether oxygens (including phenoxy) is 1. The number of nitrogens with one attached hydrogen (secondary N) is 1. The molecule has 0 bridgehead atoms. The second-order valence-corrected chi connectivity index (χ2v) is 4.73. The fourth-order valence-electron chi connectivity index (χ4n) is 2.04.